The molecule has 0 saturated carbocycles. The first-order valence-corrected chi connectivity index (χ1v) is 5.90. The van der Waals surface area contributed by atoms with Crippen molar-refractivity contribution in [3.05, 3.63) is 62.9 Å². The van der Waals surface area contributed by atoms with E-state index in [9.17, 15) is 14.5 Å². The third kappa shape index (κ3) is 3.04. The van der Waals surface area contributed by atoms with E-state index in [0.29, 0.717) is 5.56 Å². The lowest BCUT2D eigenvalue weighted by atomic mass is 10.2. The van der Waals surface area contributed by atoms with Gasteiger partial charge >= 0.3 is 0 Å². The Labute approximate surface area is 118 Å². The zero-order valence-electron chi connectivity index (χ0n) is 10.0. The molecular formula is C13H9ClFNO4. The molecule has 0 bridgehead atoms. The average molecular weight is 298 g/mol. The predicted octanol–water partition coefficient (Wildman–Crippen LogP) is 3.67. The predicted molar refractivity (Wildman–Crippen MR) is 70.5 cm³/mol. The van der Waals surface area contributed by atoms with Gasteiger partial charge in [0.15, 0.2) is 11.6 Å². The van der Waals surface area contributed by atoms with Gasteiger partial charge in [0.1, 0.15) is 10.8 Å². The molecule has 2 aromatic rings. The molecule has 2 rings (SSSR count). The van der Waals surface area contributed by atoms with E-state index in [1.165, 1.54) is 30.3 Å². The fourth-order valence-electron chi connectivity index (χ4n) is 1.55. The summed E-state index contributed by atoms with van der Waals surface area (Å²) in [7, 11) is 0. The maximum Gasteiger partial charge on any atom is 0.288 e. The molecule has 0 unspecified atom stereocenters. The first-order chi connectivity index (χ1) is 9.51. The van der Waals surface area contributed by atoms with Gasteiger partial charge < -0.3 is 9.84 Å². The van der Waals surface area contributed by atoms with Crippen molar-refractivity contribution in [3.63, 3.8) is 0 Å². The number of nitro groups is 1. The summed E-state index contributed by atoms with van der Waals surface area (Å²) in [6, 6.07) is 7.74. The topological polar surface area (TPSA) is 72.6 Å². The number of nitrogens with zero attached hydrogens (tertiary/aromatic N) is 1. The zero-order chi connectivity index (χ0) is 14.7. The highest BCUT2D eigenvalue weighted by molar-refractivity contribution is 6.32. The highest BCUT2D eigenvalue weighted by Crippen LogP contribution is 2.32. The lowest BCUT2D eigenvalue weighted by Crippen LogP contribution is -1.93. The second kappa shape index (κ2) is 5.85. The van der Waals surface area contributed by atoms with Crippen molar-refractivity contribution < 1.29 is 19.2 Å². The summed E-state index contributed by atoms with van der Waals surface area (Å²) in [5.41, 5.74) is 0.159. The number of halogens is 2. The number of aliphatic hydroxyl groups excluding tert-OH is 1. The van der Waals surface area contributed by atoms with E-state index in [1.807, 2.05) is 0 Å². The first-order valence-electron chi connectivity index (χ1n) is 5.52. The monoisotopic (exact) mass is 297 g/mol. The van der Waals surface area contributed by atoms with Crippen LogP contribution >= 0.6 is 11.6 Å². The number of ether oxygens (including phenoxy) is 1. The average Bonchev–Trinajstić information content (AvgIpc) is 2.40. The molecule has 2 aromatic carbocycles. The van der Waals surface area contributed by atoms with Crippen molar-refractivity contribution in [2.24, 2.45) is 0 Å². The summed E-state index contributed by atoms with van der Waals surface area (Å²) in [4.78, 5) is 9.99. The van der Waals surface area contributed by atoms with Crippen LogP contribution in [0.5, 0.6) is 11.5 Å². The van der Waals surface area contributed by atoms with Gasteiger partial charge in [-0.3, -0.25) is 10.1 Å². The van der Waals surface area contributed by atoms with Crippen LogP contribution in [0.15, 0.2) is 36.4 Å². The fourth-order valence-corrected chi connectivity index (χ4v) is 1.79. The number of nitro benzene ring substituents is 1. The van der Waals surface area contributed by atoms with Gasteiger partial charge in [-0.15, -0.1) is 0 Å². The van der Waals surface area contributed by atoms with Crippen LogP contribution in [0.2, 0.25) is 5.02 Å². The van der Waals surface area contributed by atoms with Gasteiger partial charge in [0.05, 0.1) is 11.5 Å². The fraction of sp³-hybridized carbons (Fsp3) is 0.0769. The molecule has 0 aromatic heterocycles. The number of hydrogen-bond donors (Lipinski definition) is 1. The van der Waals surface area contributed by atoms with Gasteiger partial charge in [-0.05, 0) is 23.8 Å². The minimum Gasteiger partial charge on any atom is -0.454 e. The standard InChI is InChI=1S/C13H9ClFNO4/c14-10-6-9(2-3-12(10)16(18)19)20-13-4-1-8(7-17)5-11(13)15/h1-6,17H,7H2. The van der Waals surface area contributed by atoms with Crippen molar-refractivity contribution >= 4 is 17.3 Å². The Morgan fingerprint density at radius 2 is 2.05 bits per heavy atom. The van der Waals surface area contributed by atoms with Gasteiger partial charge in [0.2, 0.25) is 0 Å². The number of hydrogen-bond acceptors (Lipinski definition) is 4. The first kappa shape index (κ1) is 14.2. The molecule has 0 aliphatic rings. The molecule has 20 heavy (non-hydrogen) atoms. The van der Waals surface area contributed by atoms with Crippen LogP contribution in [0.1, 0.15) is 5.56 Å². The molecule has 0 amide bonds. The molecule has 0 spiro atoms. The van der Waals surface area contributed by atoms with Crippen LogP contribution in [0.25, 0.3) is 0 Å². The van der Waals surface area contributed by atoms with Crippen LogP contribution in [-0.4, -0.2) is 10.0 Å². The van der Waals surface area contributed by atoms with Crippen molar-refractivity contribution in [1.29, 1.82) is 0 Å². The zero-order valence-corrected chi connectivity index (χ0v) is 10.8. The van der Waals surface area contributed by atoms with Crippen molar-refractivity contribution in [1.82, 2.24) is 0 Å². The van der Waals surface area contributed by atoms with Crippen LogP contribution < -0.4 is 4.74 Å². The van der Waals surface area contributed by atoms with Crippen molar-refractivity contribution in [2.45, 2.75) is 6.61 Å². The third-order valence-electron chi connectivity index (χ3n) is 2.52. The highest BCUT2D eigenvalue weighted by atomic mass is 35.5. The Hall–Kier alpha value is -2.18. The lowest BCUT2D eigenvalue weighted by molar-refractivity contribution is -0.384. The summed E-state index contributed by atoms with van der Waals surface area (Å²) in [6.45, 7) is -0.277. The minimum atomic E-state index is -0.647. The molecule has 1 N–H and O–H groups in total. The maximum atomic E-state index is 13.7. The van der Waals surface area contributed by atoms with Crippen LogP contribution in [0.3, 0.4) is 0 Å². The second-order valence-corrected chi connectivity index (χ2v) is 4.30. The summed E-state index contributed by atoms with van der Waals surface area (Å²) in [5.74, 6) is -0.533. The molecule has 5 nitrogen and oxygen atoms in total. The Morgan fingerprint density at radius 3 is 2.60 bits per heavy atom. The van der Waals surface area contributed by atoms with Gasteiger partial charge in [0, 0.05) is 12.1 Å². The number of benzene rings is 2. The molecule has 0 aliphatic carbocycles. The van der Waals surface area contributed by atoms with Gasteiger partial charge in [0.25, 0.3) is 5.69 Å². The SMILES string of the molecule is O=[N+]([O-])c1ccc(Oc2ccc(CO)cc2F)cc1Cl. The molecule has 7 heteroatoms. The van der Waals surface area contributed by atoms with E-state index < -0.39 is 10.7 Å². The molecule has 0 atom stereocenters. The summed E-state index contributed by atoms with van der Waals surface area (Å²) in [5, 5.41) is 19.4. The van der Waals surface area contributed by atoms with E-state index in [1.54, 1.807) is 0 Å². The third-order valence-corrected chi connectivity index (χ3v) is 2.83. The Bertz CT molecular complexity index is 663. The van der Waals surface area contributed by atoms with E-state index in [4.69, 9.17) is 21.4 Å². The highest BCUT2D eigenvalue weighted by Gasteiger charge is 2.14. The van der Waals surface area contributed by atoms with Gasteiger partial charge in [-0.1, -0.05) is 17.7 Å². The Kier molecular flexibility index (Phi) is 4.16. The maximum absolute atomic E-state index is 13.7. The van der Waals surface area contributed by atoms with Crippen LogP contribution in [0.4, 0.5) is 10.1 Å². The number of aliphatic hydroxyl groups is 1. The Balaban J connectivity index is 2.26. The molecule has 0 fully saturated rings. The van der Waals surface area contributed by atoms with Gasteiger partial charge in [-0.2, -0.15) is 0 Å². The minimum absolute atomic E-state index is 0.0629. The Morgan fingerprint density at radius 1 is 1.30 bits per heavy atom. The second-order valence-electron chi connectivity index (χ2n) is 3.90. The quantitative estimate of drug-likeness (QED) is 0.690. The van der Waals surface area contributed by atoms with E-state index >= 15 is 0 Å². The largest absolute Gasteiger partial charge is 0.454 e. The van der Waals surface area contributed by atoms with E-state index in [0.717, 1.165) is 6.07 Å². The number of rotatable bonds is 4. The summed E-state index contributed by atoms with van der Waals surface area (Å²) in [6.07, 6.45) is 0. The summed E-state index contributed by atoms with van der Waals surface area (Å²) >= 11 is 5.73. The molecular weight excluding hydrogens is 289 g/mol. The van der Waals surface area contributed by atoms with Gasteiger partial charge in [-0.25, -0.2) is 4.39 Å². The smallest absolute Gasteiger partial charge is 0.288 e. The van der Waals surface area contributed by atoms with E-state index in [2.05, 4.69) is 0 Å². The van der Waals surface area contributed by atoms with E-state index in [-0.39, 0.29) is 28.8 Å². The van der Waals surface area contributed by atoms with Crippen LogP contribution in [-0.2, 0) is 6.61 Å². The summed E-state index contributed by atoms with van der Waals surface area (Å²) < 4.78 is 18.9. The molecule has 0 radical (unpaired) electrons. The van der Waals surface area contributed by atoms with Crippen LogP contribution in [0, 0.1) is 15.9 Å². The van der Waals surface area contributed by atoms with Crippen molar-refractivity contribution in [2.75, 3.05) is 0 Å². The molecule has 0 aliphatic heterocycles. The normalized spacial score (nSPS) is 10.3. The molecule has 104 valence electrons. The molecule has 0 saturated heterocycles. The molecule has 0 heterocycles. The van der Waals surface area contributed by atoms with Crippen molar-refractivity contribution in [3.8, 4) is 11.5 Å². The lowest BCUT2D eigenvalue weighted by Gasteiger charge is -2.08.